The summed E-state index contributed by atoms with van der Waals surface area (Å²) >= 11 is 6.42. The second-order valence-electron chi connectivity index (χ2n) is 6.06. The Morgan fingerprint density at radius 2 is 1.93 bits per heavy atom. The average molecular weight is 410 g/mol. The summed E-state index contributed by atoms with van der Waals surface area (Å²) < 4.78 is 15.8. The van der Waals surface area contributed by atoms with Crippen LogP contribution in [0.5, 0.6) is 0 Å². The Labute approximate surface area is 169 Å². The van der Waals surface area contributed by atoms with Gasteiger partial charge in [0.2, 0.25) is 0 Å². The van der Waals surface area contributed by atoms with Crippen LogP contribution in [0.1, 0.15) is 25.3 Å². The summed E-state index contributed by atoms with van der Waals surface area (Å²) in [5.74, 6) is -1.86. The average Bonchev–Trinajstić information content (AvgIpc) is 2.67. The van der Waals surface area contributed by atoms with Crippen LogP contribution in [0.3, 0.4) is 0 Å². The Morgan fingerprint density at radius 1 is 1.21 bits per heavy atom. The highest BCUT2D eigenvalue weighted by atomic mass is 35.5. The van der Waals surface area contributed by atoms with E-state index in [1.54, 1.807) is 38.1 Å². The first-order valence-electron chi connectivity index (χ1n) is 8.94. The second-order valence-corrected chi connectivity index (χ2v) is 6.47. The van der Waals surface area contributed by atoms with Gasteiger partial charge in [0.25, 0.3) is 0 Å². The maximum absolute atomic E-state index is 12.9. The van der Waals surface area contributed by atoms with Crippen LogP contribution in [-0.2, 0) is 23.8 Å². The van der Waals surface area contributed by atoms with Crippen molar-refractivity contribution in [3.05, 3.63) is 57.4 Å². The van der Waals surface area contributed by atoms with Gasteiger partial charge in [-0.05, 0) is 25.5 Å². The number of allylic oxidation sites excluding steroid dienone is 1. The van der Waals surface area contributed by atoms with Gasteiger partial charge in [-0.25, -0.2) is 9.59 Å². The first-order valence-corrected chi connectivity index (χ1v) is 9.32. The fourth-order valence-corrected chi connectivity index (χ4v) is 3.36. The predicted molar refractivity (Wildman–Crippen MR) is 106 cm³/mol. The van der Waals surface area contributed by atoms with E-state index >= 15 is 0 Å². The number of benzene rings is 1. The molecule has 2 rings (SSSR count). The maximum Gasteiger partial charge on any atom is 0.336 e. The third-order valence-corrected chi connectivity index (χ3v) is 4.61. The van der Waals surface area contributed by atoms with Gasteiger partial charge in [0.05, 0.1) is 49.7 Å². The zero-order valence-electron chi connectivity index (χ0n) is 16.2. The van der Waals surface area contributed by atoms with Crippen molar-refractivity contribution in [1.82, 2.24) is 5.32 Å². The Bertz CT molecular complexity index is 804. The number of carbonyl (C=O) groups is 2. The summed E-state index contributed by atoms with van der Waals surface area (Å²) in [4.78, 5) is 25.5. The van der Waals surface area contributed by atoms with Crippen molar-refractivity contribution in [3.63, 3.8) is 0 Å². The highest BCUT2D eigenvalue weighted by molar-refractivity contribution is 6.31. The van der Waals surface area contributed by atoms with Crippen molar-refractivity contribution in [1.29, 1.82) is 0 Å². The molecule has 0 amide bonds. The van der Waals surface area contributed by atoms with Crippen LogP contribution in [0, 0.1) is 0 Å². The molecule has 3 N–H and O–H groups in total. The lowest BCUT2D eigenvalue weighted by Gasteiger charge is -2.31. The van der Waals surface area contributed by atoms with Crippen molar-refractivity contribution in [2.75, 3.05) is 33.5 Å². The zero-order chi connectivity index (χ0) is 20.7. The predicted octanol–water partition coefficient (Wildman–Crippen LogP) is 2.27. The number of methoxy groups -OCH3 is 1. The molecule has 1 unspecified atom stereocenters. The third kappa shape index (κ3) is 4.73. The van der Waals surface area contributed by atoms with Crippen LogP contribution in [0.4, 0.5) is 0 Å². The van der Waals surface area contributed by atoms with Gasteiger partial charge in [0.1, 0.15) is 0 Å². The lowest BCUT2D eigenvalue weighted by molar-refractivity contribution is -0.139. The summed E-state index contributed by atoms with van der Waals surface area (Å²) in [5.41, 5.74) is 7.70. The maximum atomic E-state index is 12.9. The number of ether oxygens (including phenoxy) is 3. The largest absolute Gasteiger partial charge is 0.466 e. The van der Waals surface area contributed by atoms with Gasteiger partial charge in [-0.3, -0.25) is 0 Å². The minimum absolute atomic E-state index is 0.109. The molecule has 1 aliphatic heterocycles. The Kier molecular flexibility index (Phi) is 8.04. The fraction of sp³-hybridized carbons (Fsp3) is 0.400. The van der Waals surface area contributed by atoms with Crippen LogP contribution >= 0.6 is 11.6 Å². The molecule has 0 aliphatic carbocycles. The van der Waals surface area contributed by atoms with Crippen molar-refractivity contribution in [2.24, 2.45) is 5.73 Å². The molecule has 7 nitrogen and oxygen atoms in total. The lowest BCUT2D eigenvalue weighted by Crippen LogP contribution is -2.35. The van der Waals surface area contributed by atoms with Crippen LogP contribution in [0.25, 0.3) is 0 Å². The van der Waals surface area contributed by atoms with Gasteiger partial charge >= 0.3 is 11.9 Å². The van der Waals surface area contributed by atoms with Gasteiger partial charge in [0, 0.05) is 17.3 Å². The van der Waals surface area contributed by atoms with E-state index in [0.29, 0.717) is 40.7 Å². The van der Waals surface area contributed by atoms with Crippen molar-refractivity contribution < 1.29 is 23.8 Å². The topological polar surface area (TPSA) is 99.9 Å². The van der Waals surface area contributed by atoms with Gasteiger partial charge in [-0.15, -0.1) is 0 Å². The number of halogens is 1. The highest BCUT2D eigenvalue weighted by Gasteiger charge is 2.39. The molecule has 0 bridgehead atoms. The number of nitrogens with two attached hydrogens (primary N) is 1. The molecule has 1 aliphatic rings. The van der Waals surface area contributed by atoms with Crippen LogP contribution in [0.15, 0.2) is 46.8 Å². The summed E-state index contributed by atoms with van der Waals surface area (Å²) in [5, 5.41) is 3.52. The molecular formula is C20H25ClN2O5. The molecule has 8 heteroatoms. The number of carbonyl (C=O) groups excluding carboxylic acids is 2. The number of hydrogen-bond acceptors (Lipinski definition) is 7. The van der Waals surface area contributed by atoms with Gasteiger partial charge in [0.15, 0.2) is 0 Å². The molecule has 1 aromatic rings. The number of nitrogens with one attached hydrogen (secondary N) is 1. The summed E-state index contributed by atoms with van der Waals surface area (Å²) in [6.45, 7) is 4.42. The van der Waals surface area contributed by atoms with E-state index < -0.39 is 17.9 Å². The van der Waals surface area contributed by atoms with Gasteiger partial charge in [-0.1, -0.05) is 29.8 Å². The minimum atomic E-state index is -0.752. The van der Waals surface area contributed by atoms with Gasteiger partial charge < -0.3 is 25.3 Å². The zero-order valence-corrected chi connectivity index (χ0v) is 17.0. The minimum Gasteiger partial charge on any atom is -0.466 e. The number of hydrogen-bond donors (Lipinski definition) is 2. The molecule has 0 aromatic heterocycles. The van der Waals surface area contributed by atoms with Gasteiger partial charge in [-0.2, -0.15) is 0 Å². The molecule has 0 saturated heterocycles. The van der Waals surface area contributed by atoms with E-state index in [0.717, 1.165) is 0 Å². The molecular weight excluding hydrogens is 385 g/mol. The Hall–Kier alpha value is -2.35. The molecule has 152 valence electrons. The highest BCUT2D eigenvalue weighted by Crippen LogP contribution is 2.41. The molecule has 0 saturated carbocycles. The molecule has 0 radical (unpaired) electrons. The summed E-state index contributed by atoms with van der Waals surface area (Å²) in [7, 11) is 1.29. The van der Waals surface area contributed by atoms with Crippen molar-refractivity contribution >= 4 is 23.5 Å². The van der Waals surface area contributed by atoms with E-state index in [9.17, 15) is 9.59 Å². The fourth-order valence-electron chi connectivity index (χ4n) is 3.12. The van der Waals surface area contributed by atoms with Crippen LogP contribution in [0.2, 0.25) is 5.02 Å². The normalized spacial score (nSPS) is 16.7. The Balaban J connectivity index is 2.67. The Morgan fingerprint density at radius 3 is 2.54 bits per heavy atom. The number of dihydropyridines is 1. The second kappa shape index (κ2) is 10.3. The third-order valence-electron chi connectivity index (χ3n) is 4.27. The quantitative estimate of drug-likeness (QED) is 0.386. The van der Waals surface area contributed by atoms with E-state index in [1.807, 2.05) is 0 Å². The first-order chi connectivity index (χ1) is 13.5. The smallest absolute Gasteiger partial charge is 0.336 e. The number of esters is 2. The monoisotopic (exact) mass is 409 g/mol. The molecule has 28 heavy (non-hydrogen) atoms. The number of rotatable bonds is 8. The molecule has 1 heterocycles. The van der Waals surface area contributed by atoms with Crippen molar-refractivity contribution in [2.45, 2.75) is 19.8 Å². The van der Waals surface area contributed by atoms with Crippen LogP contribution < -0.4 is 11.1 Å². The summed E-state index contributed by atoms with van der Waals surface area (Å²) in [6.07, 6.45) is 0. The van der Waals surface area contributed by atoms with Crippen LogP contribution in [-0.4, -0.2) is 45.4 Å². The van der Waals surface area contributed by atoms with E-state index in [-0.39, 0.29) is 18.8 Å². The SMILES string of the molecule is CCOC(=O)C1=C(COCCN)NC(C)=C(C(=O)OC)[13CH]1c1ccccc1Cl. The lowest BCUT2D eigenvalue weighted by atomic mass is 10.00. The van der Waals surface area contributed by atoms with E-state index in [2.05, 4.69) is 5.32 Å². The molecule has 0 fully saturated rings. The van der Waals surface area contributed by atoms with Crippen molar-refractivity contribution in [3.8, 4) is 0 Å². The summed E-state index contributed by atoms with van der Waals surface area (Å²) in [6, 6.07) is 7.05. The molecule has 0 spiro atoms. The van der Waals surface area contributed by atoms with E-state index in [4.69, 9.17) is 31.5 Å². The molecule has 1 atom stereocenters. The standard InChI is InChI=1S/C20H25ClN2O5/c1-4-28-20(25)18-15(11-27-10-9-22)23-12(2)16(19(24)26-3)17(18)13-7-5-6-8-14(13)21/h5-8,17,23H,4,9-11,22H2,1-3H3/i17+1. The first kappa shape index (κ1) is 21.9. The van der Waals surface area contributed by atoms with E-state index in [1.165, 1.54) is 7.11 Å². The molecule has 1 aromatic carbocycles.